The van der Waals surface area contributed by atoms with Crippen molar-refractivity contribution in [1.29, 1.82) is 0 Å². The van der Waals surface area contributed by atoms with Crippen molar-refractivity contribution >= 4 is 40.0 Å². The molecule has 1 heterocycles. The van der Waals surface area contributed by atoms with Crippen molar-refractivity contribution < 1.29 is 14.2 Å². The molecule has 0 bridgehead atoms. The van der Waals surface area contributed by atoms with Crippen molar-refractivity contribution in [3.05, 3.63) is 59.7 Å². The summed E-state index contributed by atoms with van der Waals surface area (Å²) in [6.07, 6.45) is 0. The predicted octanol–water partition coefficient (Wildman–Crippen LogP) is 5.89. The zero-order chi connectivity index (χ0) is 13.9. The van der Waals surface area contributed by atoms with Gasteiger partial charge in [0.1, 0.15) is 11.5 Å². The molecule has 99 valence electrons. The average molecular weight is 515 g/mol. The Morgan fingerprint density at radius 2 is 1.21 bits per heavy atom. The molecule has 1 nitrogen and oxygen atoms in total. The Morgan fingerprint density at radius 1 is 0.842 bits per heavy atom. The van der Waals surface area contributed by atoms with E-state index in [0.29, 0.717) is 9.47 Å². The topological polar surface area (TPSA) is 9.23 Å². The van der Waals surface area contributed by atoms with Crippen LogP contribution in [0.2, 0.25) is 0 Å². The standard InChI is InChI=1S/C15H14O.2HI.V/c1-15(2)11-7-3-5-9-13(11)16-14-10-6-4-8-12(14)15;;;/h3-10H,1-2H3;2*1H;/q;;;+2/p-2. The fourth-order valence-electron chi connectivity index (χ4n) is 2.41. The zero-order valence-electron chi connectivity index (χ0n) is 10.7. The van der Waals surface area contributed by atoms with Crippen LogP contribution in [0.4, 0.5) is 0 Å². The van der Waals surface area contributed by atoms with Crippen molar-refractivity contribution in [3.63, 3.8) is 0 Å². The van der Waals surface area contributed by atoms with Gasteiger partial charge in [0.15, 0.2) is 0 Å². The Balaban J connectivity index is 0.000000408. The second-order valence-corrected chi connectivity index (χ2v) is 16.6. The van der Waals surface area contributed by atoms with Crippen LogP contribution >= 0.6 is 40.0 Å². The number of hydrogen-bond donors (Lipinski definition) is 0. The molecule has 0 saturated carbocycles. The van der Waals surface area contributed by atoms with Crippen LogP contribution < -0.4 is 4.74 Å². The van der Waals surface area contributed by atoms with E-state index < -0.39 is 0 Å². The van der Waals surface area contributed by atoms with Crippen molar-refractivity contribution in [1.82, 2.24) is 0 Å². The predicted molar refractivity (Wildman–Crippen MR) is 93.1 cm³/mol. The Hall–Kier alpha value is 0.284. The molecule has 0 aromatic heterocycles. The number of fused-ring (bicyclic) bond motifs is 2. The van der Waals surface area contributed by atoms with E-state index in [2.05, 4.69) is 78.1 Å². The molecular formula is C15H14I2OV. The van der Waals surface area contributed by atoms with Crippen LogP contribution in [0.3, 0.4) is 0 Å². The van der Waals surface area contributed by atoms with Crippen molar-refractivity contribution in [2.75, 3.05) is 0 Å². The number of ether oxygens (including phenoxy) is 1. The third-order valence-electron chi connectivity index (χ3n) is 3.34. The monoisotopic (exact) mass is 515 g/mol. The Labute approximate surface area is 143 Å². The van der Waals surface area contributed by atoms with Gasteiger partial charge in [-0.05, 0) is 12.1 Å². The Bertz CT molecular complexity index is 522. The van der Waals surface area contributed by atoms with Gasteiger partial charge in [0.25, 0.3) is 0 Å². The summed E-state index contributed by atoms with van der Waals surface area (Å²) in [7, 11) is 0.628. The molecular weight excluding hydrogens is 501 g/mol. The van der Waals surface area contributed by atoms with Gasteiger partial charge in [0, 0.05) is 16.5 Å². The molecule has 19 heavy (non-hydrogen) atoms. The minimum absolute atomic E-state index is 0.0193. The van der Waals surface area contributed by atoms with Gasteiger partial charge in [0.05, 0.1) is 0 Å². The van der Waals surface area contributed by atoms with Crippen LogP contribution in [0.5, 0.6) is 11.5 Å². The molecule has 0 aliphatic carbocycles. The van der Waals surface area contributed by atoms with E-state index in [1.165, 1.54) is 11.1 Å². The summed E-state index contributed by atoms with van der Waals surface area (Å²) >= 11 is 4.74. The molecule has 0 saturated heterocycles. The molecule has 0 atom stereocenters. The van der Waals surface area contributed by atoms with Crippen LogP contribution in [-0.4, -0.2) is 0 Å². The molecule has 0 radical (unpaired) electrons. The maximum atomic E-state index is 5.91. The molecule has 1 aliphatic heterocycles. The number of para-hydroxylation sites is 2. The van der Waals surface area contributed by atoms with Crippen LogP contribution in [0.25, 0.3) is 0 Å². The second-order valence-electron chi connectivity index (χ2n) is 4.78. The van der Waals surface area contributed by atoms with E-state index in [4.69, 9.17) is 4.74 Å². The first-order valence-electron chi connectivity index (χ1n) is 5.90. The Kier molecular flexibility index (Phi) is 5.63. The fraction of sp³-hybridized carbons (Fsp3) is 0.200. The molecule has 4 heteroatoms. The minimum atomic E-state index is 0.0193. The first kappa shape index (κ1) is 15.7. The fourth-order valence-corrected chi connectivity index (χ4v) is 2.41. The normalized spacial score (nSPS) is 14.1. The van der Waals surface area contributed by atoms with Gasteiger partial charge in [-0.1, -0.05) is 50.2 Å². The van der Waals surface area contributed by atoms with Gasteiger partial charge in [-0.2, -0.15) is 0 Å². The van der Waals surface area contributed by atoms with E-state index in [-0.39, 0.29) is 5.41 Å². The van der Waals surface area contributed by atoms with Gasteiger partial charge < -0.3 is 4.74 Å². The van der Waals surface area contributed by atoms with Crippen LogP contribution in [-0.2, 0) is 14.9 Å². The molecule has 2 aromatic rings. The van der Waals surface area contributed by atoms with Gasteiger partial charge in [-0.3, -0.25) is 0 Å². The molecule has 0 unspecified atom stereocenters. The van der Waals surface area contributed by atoms with E-state index in [1.807, 2.05) is 24.3 Å². The molecule has 0 spiro atoms. The molecule has 1 aliphatic rings. The van der Waals surface area contributed by atoms with E-state index in [1.54, 1.807) is 0 Å². The average Bonchev–Trinajstić information content (AvgIpc) is 2.40. The molecule has 0 N–H and O–H groups in total. The van der Waals surface area contributed by atoms with E-state index >= 15 is 0 Å². The summed E-state index contributed by atoms with van der Waals surface area (Å²) in [6.45, 7) is 4.49. The summed E-state index contributed by atoms with van der Waals surface area (Å²) in [5, 5.41) is 0. The van der Waals surface area contributed by atoms with E-state index in [9.17, 15) is 0 Å². The first-order valence-corrected chi connectivity index (χ1v) is 14.9. The molecule has 2 aromatic carbocycles. The summed E-state index contributed by atoms with van der Waals surface area (Å²) in [4.78, 5) is 0. The maximum absolute atomic E-state index is 5.91. The third-order valence-corrected chi connectivity index (χ3v) is 3.34. The summed E-state index contributed by atoms with van der Waals surface area (Å²) in [6, 6.07) is 16.5. The SMILES string of the molecule is CC1(C)c2ccccc2Oc2ccccc21.[I][V][I]. The number of benzene rings is 2. The van der Waals surface area contributed by atoms with Crippen LogP contribution in [0.15, 0.2) is 48.5 Å². The van der Waals surface area contributed by atoms with Gasteiger partial charge >= 0.3 is 49.4 Å². The van der Waals surface area contributed by atoms with E-state index in [0.717, 1.165) is 11.5 Å². The van der Waals surface area contributed by atoms with Crippen molar-refractivity contribution in [2.45, 2.75) is 19.3 Å². The van der Waals surface area contributed by atoms with Crippen LogP contribution in [0, 0.1) is 0 Å². The molecule has 0 amide bonds. The summed E-state index contributed by atoms with van der Waals surface area (Å²) in [5.74, 6) is 1.96. The summed E-state index contributed by atoms with van der Waals surface area (Å²) < 4.78 is 5.91. The van der Waals surface area contributed by atoms with Crippen LogP contribution in [0.1, 0.15) is 25.0 Å². The van der Waals surface area contributed by atoms with Gasteiger partial charge in [-0.15, -0.1) is 0 Å². The van der Waals surface area contributed by atoms with Gasteiger partial charge in [0.2, 0.25) is 0 Å². The zero-order valence-corrected chi connectivity index (χ0v) is 16.4. The quantitative estimate of drug-likeness (QED) is 0.398. The number of halogens is 2. The number of rotatable bonds is 0. The molecule has 0 fully saturated rings. The third kappa shape index (κ3) is 3.31. The van der Waals surface area contributed by atoms with Crippen molar-refractivity contribution in [3.8, 4) is 11.5 Å². The first-order chi connectivity index (χ1) is 9.11. The van der Waals surface area contributed by atoms with Gasteiger partial charge in [-0.25, -0.2) is 0 Å². The molecule has 3 rings (SSSR count). The van der Waals surface area contributed by atoms with Crippen molar-refractivity contribution in [2.24, 2.45) is 0 Å². The number of hydrogen-bond acceptors (Lipinski definition) is 1. The Morgan fingerprint density at radius 3 is 1.63 bits per heavy atom. The summed E-state index contributed by atoms with van der Waals surface area (Å²) in [5.41, 5.74) is 2.54. The second kappa shape index (κ2) is 6.83.